The second-order valence-corrected chi connectivity index (χ2v) is 8.39. The zero-order chi connectivity index (χ0) is 21.2. The molecule has 0 aliphatic carbocycles. The van der Waals surface area contributed by atoms with Gasteiger partial charge in [0.2, 0.25) is 0 Å². The molecular weight excluding hydrogens is 392 g/mol. The molecule has 0 saturated carbocycles. The van der Waals surface area contributed by atoms with Crippen LogP contribution in [0.1, 0.15) is 47.0 Å². The van der Waals surface area contributed by atoms with Gasteiger partial charge in [-0.25, -0.2) is 0 Å². The second-order valence-electron chi connectivity index (χ2n) is 7.48. The average molecular weight is 418 g/mol. The van der Waals surface area contributed by atoms with Crippen LogP contribution in [0.25, 0.3) is 10.1 Å². The van der Waals surface area contributed by atoms with E-state index < -0.39 is 5.92 Å². The molecule has 0 amide bonds. The fourth-order valence-corrected chi connectivity index (χ4v) is 4.71. The van der Waals surface area contributed by atoms with Gasteiger partial charge in [0.25, 0.3) is 5.92 Å². The SMILES string of the molecule is COC(=O)Cc1csc2cc(CCCc3ccc(C(C)(F)F)nc3C)cc(C)c12. The van der Waals surface area contributed by atoms with Crippen molar-refractivity contribution < 1.29 is 18.3 Å². The fourth-order valence-electron chi connectivity index (χ4n) is 3.61. The predicted molar refractivity (Wildman–Crippen MR) is 113 cm³/mol. The molecule has 0 bridgehead atoms. The molecular formula is C23H25F2NO2S. The number of fused-ring (bicyclic) bond motifs is 1. The van der Waals surface area contributed by atoms with E-state index in [0.717, 1.165) is 48.3 Å². The third kappa shape index (κ3) is 4.99. The Hall–Kier alpha value is -2.34. The molecule has 0 unspecified atom stereocenters. The molecule has 0 aliphatic heterocycles. The lowest BCUT2D eigenvalue weighted by Gasteiger charge is -2.12. The van der Waals surface area contributed by atoms with E-state index in [0.29, 0.717) is 5.69 Å². The van der Waals surface area contributed by atoms with Gasteiger partial charge in [-0.15, -0.1) is 11.3 Å². The largest absolute Gasteiger partial charge is 0.469 e. The van der Waals surface area contributed by atoms with Gasteiger partial charge < -0.3 is 4.74 Å². The van der Waals surface area contributed by atoms with Gasteiger partial charge >= 0.3 is 5.97 Å². The molecule has 29 heavy (non-hydrogen) atoms. The maximum atomic E-state index is 13.4. The number of aromatic nitrogens is 1. The Morgan fingerprint density at radius 1 is 1.17 bits per heavy atom. The number of halogens is 2. The topological polar surface area (TPSA) is 39.2 Å². The first kappa shape index (κ1) is 21.4. The Labute approximate surface area is 173 Å². The van der Waals surface area contributed by atoms with Crippen LogP contribution in [0.15, 0.2) is 29.6 Å². The number of ether oxygens (including phenoxy) is 1. The highest BCUT2D eigenvalue weighted by Crippen LogP contribution is 2.31. The van der Waals surface area contributed by atoms with Crippen LogP contribution in [0.3, 0.4) is 0 Å². The number of methoxy groups -OCH3 is 1. The first-order valence-corrected chi connectivity index (χ1v) is 10.5. The molecule has 154 valence electrons. The lowest BCUT2D eigenvalue weighted by atomic mass is 9.98. The van der Waals surface area contributed by atoms with Crippen molar-refractivity contribution in [1.82, 2.24) is 4.98 Å². The van der Waals surface area contributed by atoms with Gasteiger partial charge in [-0.05, 0) is 78.3 Å². The van der Waals surface area contributed by atoms with E-state index in [4.69, 9.17) is 4.74 Å². The van der Waals surface area contributed by atoms with Gasteiger partial charge in [-0.1, -0.05) is 12.1 Å². The van der Waals surface area contributed by atoms with Crippen molar-refractivity contribution >= 4 is 27.4 Å². The normalized spacial score (nSPS) is 11.8. The van der Waals surface area contributed by atoms with Crippen molar-refractivity contribution in [2.24, 2.45) is 0 Å². The molecule has 2 aromatic heterocycles. The number of carbonyl (C=O) groups excluding carboxylic acids is 1. The van der Waals surface area contributed by atoms with Crippen LogP contribution >= 0.6 is 11.3 Å². The lowest BCUT2D eigenvalue weighted by molar-refractivity contribution is -0.139. The van der Waals surface area contributed by atoms with E-state index in [2.05, 4.69) is 24.0 Å². The molecule has 3 aromatic rings. The number of benzene rings is 1. The van der Waals surface area contributed by atoms with Crippen LogP contribution < -0.4 is 0 Å². The van der Waals surface area contributed by atoms with E-state index in [1.165, 1.54) is 23.4 Å². The first-order valence-electron chi connectivity index (χ1n) is 9.60. The summed E-state index contributed by atoms with van der Waals surface area (Å²) < 4.78 is 32.8. The molecule has 0 radical (unpaired) electrons. The lowest BCUT2D eigenvalue weighted by Crippen LogP contribution is -2.11. The average Bonchev–Trinajstić information content (AvgIpc) is 3.05. The molecule has 0 spiro atoms. The van der Waals surface area contributed by atoms with Crippen LogP contribution in [-0.4, -0.2) is 18.1 Å². The number of hydrogen-bond donors (Lipinski definition) is 0. The minimum Gasteiger partial charge on any atom is -0.469 e. The quantitative estimate of drug-likeness (QED) is 0.448. The summed E-state index contributed by atoms with van der Waals surface area (Å²) in [4.78, 5) is 15.7. The molecule has 2 heterocycles. The van der Waals surface area contributed by atoms with Crippen molar-refractivity contribution in [3.8, 4) is 0 Å². The Kier molecular flexibility index (Phi) is 6.32. The van der Waals surface area contributed by atoms with Gasteiger partial charge in [-0.3, -0.25) is 9.78 Å². The number of hydrogen-bond acceptors (Lipinski definition) is 4. The van der Waals surface area contributed by atoms with Gasteiger partial charge in [-0.2, -0.15) is 8.78 Å². The summed E-state index contributed by atoms with van der Waals surface area (Å²) in [5, 5.41) is 3.17. The summed E-state index contributed by atoms with van der Waals surface area (Å²) in [5.41, 5.74) is 4.90. The number of alkyl halides is 2. The molecule has 3 rings (SSSR count). The van der Waals surface area contributed by atoms with E-state index in [1.54, 1.807) is 24.3 Å². The van der Waals surface area contributed by atoms with Gasteiger partial charge in [0, 0.05) is 17.3 Å². The third-order valence-electron chi connectivity index (χ3n) is 5.13. The number of carbonyl (C=O) groups is 1. The standard InChI is InChI=1S/C23H25F2NO2S/c1-14-10-16(11-19-22(14)18(13-29-19)12-21(27)28-4)6-5-7-17-8-9-20(23(3,24)25)26-15(17)2/h8-11,13H,5-7,12H2,1-4H3. The van der Waals surface area contributed by atoms with Crippen molar-refractivity contribution in [1.29, 1.82) is 0 Å². The molecule has 6 heteroatoms. The van der Waals surface area contributed by atoms with Crippen LogP contribution in [-0.2, 0) is 34.7 Å². The molecule has 0 atom stereocenters. The Bertz CT molecular complexity index is 1040. The number of nitrogens with zero attached hydrogens (tertiary/aromatic N) is 1. The second kappa shape index (κ2) is 8.57. The van der Waals surface area contributed by atoms with Gasteiger partial charge in [0.1, 0.15) is 5.69 Å². The van der Waals surface area contributed by atoms with Crippen LogP contribution in [0, 0.1) is 13.8 Å². The molecule has 0 saturated heterocycles. The van der Waals surface area contributed by atoms with E-state index in [-0.39, 0.29) is 18.1 Å². The highest BCUT2D eigenvalue weighted by atomic mass is 32.1. The molecule has 3 nitrogen and oxygen atoms in total. The number of aryl methyl sites for hydroxylation is 4. The monoisotopic (exact) mass is 417 g/mol. The summed E-state index contributed by atoms with van der Waals surface area (Å²) in [5.74, 6) is -3.15. The number of rotatable bonds is 7. The zero-order valence-electron chi connectivity index (χ0n) is 17.1. The van der Waals surface area contributed by atoms with Crippen LogP contribution in [0.4, 0.5) is 8.78 Å². The summed E-state index contributed by atoms with van der Waals surface area (Å²) >= 11 is 1.64. The zero-order valence-corrected chi connectivity index (χ0v) is 18.0. The van der Waals surface area contributed by atoms with E-state index in [1.807, 2.05) is 5.38 Å². The summed E-state index contributed by atoms with van der Waals surface area (Å²) in [7, 11) is 1.40. The van der Waals surface area contributed by atoms with Crippen LogP contribution in [0.2, 0.25) is 0 Å². The van der Waals surface area contributed by atoms with E-state index in [9.17, 15) is 13.6 Å². The minimum absolute atomic E-state index is 0.180. The van der Waals surface area contributed by atoms with Gasteiger partial charge in [0.05, 0.1) is 13.5 Å². The maximum Gasteiger partial charge on any atom is 0.310 e. The smallest absolute Gasteiger partial charge is 0.310 e. The Balaban J connectivity index is 1.69. The third-order valence-corrected chi connectivity index (χ3v) is 6.11. The van der Waals surface area contributed by atoms with Crippen molar-refractivity contribution in [2.75, 3.05) is 7.11 Å². The summed E-state index contributed by atoms with van der Waals surface area (Å²) in [6.45, 7) is 4.72. The van der Waals surface area contributed by atoms with Crippen LogP contribution in [0.5, 0.6) is 0 Å². The Morgan fingerprint density at radius 3 is 2.59 bits per heavy atom. The molecule has 0 aliphatic rings. The van der Waals surface area contributed by atoms with Crippen molar-refractivity contribution in [2.45, 2.75) is 52.4 Å². The number of pyridine rings is 1. The fraction of sp³-hybridized carbons (Fsp3) is 0.391. The highest BCUT2D eigenvalue weighted by molar-refractivity contribution is 7.17. The number of esters is 1. The van der Waals surface area contributed by atoms with Gasteiger partial charge in [0.15, 0.2) is 0 Å². The van der Waals surface area contributed by atoms with Crippen molar-refractivity contribution in [3.63, 3.8) is 0 Å². The minimum atomic E-state index is -2.91. The predicted octanol–water partition coefficient (Wildman–Crippen LogP) is 5.92. The molecule has 0 N–H and O–H groups in total. The van der Waals surface area contributed by atoms with E-state index >= 15 is 0 Å². The highest BCUT2D eigenvalue weighted by Gasteiger charge is 2.26. The molecule has 0 fully saturated rings. The Morgan fingerprint density at radius 2 is 1.93 bits per heavy atom. The van der Waals surface area contributed by atoms with Crippen molar-refractivity contribution in [3.05, 3.63) is 63.3 Å². The first-order chi connectivity index (χ1) is 13.7. The maximum absolute atomic E-state index is 13.4. The summed E-state index contributed by atoms with van der Waals surface area (Å²) in [6, 6.07) is 7.54. The number of thiophene rings is 1. The molecule has 1 aromatic carbocycles. The summed E-state index contributed by atoms with van der Waals surface area (Å²) in [6.07, 6.45) is 2.89.